The lowest BCUT2D eigenvalue weighted by Crippen LogP contribution is -2.16. The molecule has 0 unspecified atom stereocenters. The summed E-state index contributed by atoms with van der Waals surface area (Å²) >= 11 is 5.94. The second kappa shape index (κ2) is 8.77. The summed E-state index contributed by atoms with van der Waals surface area (Å²) in [7, 11) is -2.44. The fourth-order valence-electron chi connectivity index (χ4n) is 2.80. The van der Waals surface area contributed by atoms with Gasteiger partial charge in [-0.05, 0) is 73.5 Å². The normalized spacial score (nSPS) is 11.1. The van der Waals surface area contributed by atoms with Gasteiger partial charge in [0.25, 0.3) is 15.9 Å². The van der Waals surface area contributed by atoms with Crippen LogP contribution in [-0.2, 0) is 10.0 Å². The molecule has 0 spiro atoms. The summed E-state index contributed by atoms with van der Waals surface area (Å²) in [5.74, 6) is -0.108. The molecule has 0 heterocycles. The Balaban J connectivity index is 1.91. The third-order valence-corrected chi connectivity index (χ3v) is 6.19. The van der Waals surface area contributed by atoms with Crippen LogP contribution in [-0.4, -0.2) is 21.4 Å². The lowest BCUT2D eigenvalue weighted by molar-refractivity contribution is 0.102. The number of halogens is 1. The van der Waals surface area contributed by atoms with Crippen LogP contribution in [0.1, 0.15) is 21.5 Å². The van der Waals surface area contributed by atoms with Gasteiger partial charge in [0.05, 0.1) is 17.7 Å². The highest BCUT2D eigenvalue weighted by molar-refractivity contribution is 7.92. The molecule has 0 aliphatic heterocycles. The molecule has 6 nitrogen and oxygen atoms in total. The molecular formula is C22H21ClN2O4S. The van der Waals surface area contributed by atoms with Crippen molar-refractivity contribution in [2.75, 3.05) is 17.1 Å². The number of benzene rings is 3. The molecule has 3 rings (SSSR count). The first kappa shape index (κ1) is 21.7. The van der Waals surface area contributed by atoms with Crippen LogP contribution < -0.4 is 14.8 Å². The molecule has 1 amide bonds. The van der Waals surface area contributed by atoms with Crippen molar-refractivity contribution in [2.45, 2.75) is 18.7 Å². The fourth-order valence-corrected chi connectivity index (χ4v) is 4.06. The zero-order chi connectivity index (χ0) is 21.9. The Bertz CT molecular complexity index is 1210. The van der Waals surface area contributed by atoms with Crippen LogP contribution in [0.25, 0.3) is 0 Å². The van der Waals surface area contributed by atoms with E-state index in [9.17, 15) is 13.2 Å². The molecule has 156 valence electrons. The number of ether oxygens (including phenoxy) is 1. The van der Waals surface area contributed by atoms with Crippen LogP contribution in [0.2, 0.25) is 5.02 Å². The van der Waals surface area contributed by atoms with E-state index in [0.29, 0.717) is 22.0 Å². The van der Waals surface area contributed by atoms with Gasteiger partial charge >= 0.3 is 0 Å². The number of hydrogen-bond donors (Lipinski definition) is 2. The van der Waals surface area contributed by atoms with Crippen LogP contribution in [0.4, 0.5) is 11.4 Å². The van der Waals surface area contributed by atoms with Crippen LogP contribution in [0.3, 0.4) is 0 Å². The van der Waals surface area contributed by atoms with Crippen LogP contribution in [0.5, 0.6) is 5.75 Å². The van der Waals surface area contributed by atoms with Gasteiger partial charge in [0.15, 0.2) is 0 Å². The first-order chi connectivity index (χ1) is 14.2. The molecular weight excluding hydrogens is 424 g/mol. The third-order valence-electron chi connectivity index (χ3n) is 4.58. The zero-order valence-electron chi connectivity index (χ0n) is 16.7. The molecule has 8 heteroatoms. The van der Waals surface area contributed by atoms with E-state index in [1.54, 1.807) is 30.3 Å². The molecule has 0 saturated heterocycles. The molecule has 0 radical (unpaired) electrons. The van der Waals surface area contributed by atoms with Crippen molar-refractivity contribution in [2.24, 2.45) is 0 Å². The van der Waals surface area contributed by atoms with Crippen LogP contribution in [0.15, 0.2) is 65.6 Å². The van der Waals surface area contributed by atoms with E-state index in [1.165, 1.54) is 31.4 Å². The van der Waals surface area contributed by atoms with Crippen molar-refractivity contribution in [3.8, 4) is 5.75 Å². The molecule has 3 aromatic carbocycles. The highest BCUT2D eigenvalue weighted by Gasteiger charge is 2.18. The summed E-state index contributed by atoms with van der Waals surface area (Å²) < 4.78 is 33.6. The molecule has 0 fully saturated rings. The number of amides is 1. The van der Waals surface area contributed by atoms with Gasteiger partial charge in [-0.15, -0.1) is 0 Å². The van der Waals surface area contributed by atoms with Crippen molar-refractivity contribution in [1.29, 1.82) is 0 Å². The van der Waals surface area contributed by atoms with E-state index in [4.69, 9.17) is 16.3 Å². The molecule has 30 heavy (non-hydrogen) atoms. The van der Waals surface area contributed by atoms with Crippen molar-refractivity contribution < 1.29 is 17.9 Å². The van der Waals surface area contributed by atoms with Crippen molar-refractivity contribution >= 4 is 38.9 Å². The zero-order valence-corrected chi connectivity index (χ0v) is 18.3. The minimum absolute atomic E-state index is 0.0112. The monoisotopic (exact) mass is 444 g/mol. The molecule has 0 aromatic heterocycles. The van der Waals surface area contributed by atoms with Gasteiger partial charge in [0.2, 0.25) is 0 Å². The molecule has 2 N–H and O–H groups in total. The fraction of sp³-hybridized carbons (Fsp3) is 0.136. The van der Waals surface area contributed by atoms with Crippen molar-refractivity contribution in [1.82, 2.24) is 0 Å². The Kier molecular flexibility index (Phi) is 6.34. The third kappa shape index (κ3) is 4.93. The second-order valence-corrected chi connectivity index (χ2v) is 8.85. The van der Waals surface area contributed by atoms with Gasteiger partial charge < -0.3 is 10.1 Å². The largest absolute Gasteiger partial charge is 0.495 e. The number of hydrogen-bond acceptors (Lipinski definition) is 4. The minimum atomic E-state index is -3.88. The molecule has 0 aliphatic rings. The number of rotatable bonds is 6. The van der Waals surface area contributed by atoms with Crippen LogP contribution >= 0.6 is 11.6 Å². The Hall–Kier alpha value is -3.03. The lowest BCUT2D eigenvalue weighted by atomic mass is 10.1. The van der Waals surface area contributed by atoms with Gasteiger partial charge in [-0.2, -0.15) is 0 Å². The first-order valence-electron chi connectivity index (χ1n) is 9.04. The second-order valence-electron chi connectivity index (χ2n) is 6.73. The molecule has 0 atom stereocenters. The SMILES string of the molecule is COc1ccc(S(=O)(=O)Nc2ccc(C)c(C)c2)cc1NC(=O)c1cccc(Cl)c1. The number of carbonyl (C=O) groups is 1. The summed E-state index contributed by atoms with van der Waals surface area (Å²) in [6.07, 6.45) is 0. The number of sulfonamides is 1. The molecule has 0 saturated carbocycles. The maximum atomic E-state index is 12.9. The average Bonchev–Trinajstić information content (AvgIpc) is 2.70. The summed E-state index contributed by atoms with van der Waals surface area (Å²) in [5.41, 5.74) is 3.06. The number of aryl methyl sites for hydroxylation is 2. The molecule has 0 aliphatic carbocycles. The van der Waals surface area contributed by atoms with Gasteiger partial charge in [-0.1, -0.05) is 23.7 Å². The number of anilines is 2. The topological polar surface area (TPSA) is 84.5 Å². The van der Waals surface area contributed by atoms with E-state index in [0.717, 1.165) is 11.1 Å². The van der Waals surface area contributed by atoms with E-state index < -0.39 is 15.9 Å². The maximum Gasteiger partial charge on any atom is 0.261 e. The van der Waals surface area contributed by atoms with Gasteiger partial charge in [0.1, 0.15) is 5.75 Å². The van der Waals surface area contributed by atoms with E-state index >= 15 is 0 Å². The Labute approximate surface area is 180 Å². The number of carbonyl (C=O) groups excluding carboxylic acids is 1. The van der Waals surface area contributed by atoms with Crippen LogP contribution in [0, 0.1) is 13.8 Å². The average molecular weight is 445 g/mol. The summed E-state index contributed by atoms with van der Waals surface area (Å²) in [4.78, 5) is 12.6. The Morgan fingerprint density at radius 3 is 2.40 bits per heavy atom. The molecule has 3 aromatic rings. The minimum Gasteiger partial charge on any atom is -0.495 e. The molecule has 0 bridgehead atoms. The predicted molar refractivity (Wildman–Crippen MR) is 119 cm³/mol. The van der Waals surface area contributed by atoms with Crippen molar-refractivity contribution in [3.63, 3.8) is 0 Å². The van der Waals surface area contributed by atoms with Gasteiger partial charge in [-0.3, -0.25) is 9.52 Å². The highest BCUT2D eigenvalue weighted by Crippen LogP contribution is 2.29. The smallest absolute Gasteiger partial charge is 0.261 e. The van der Waals surface area contributed by atoms with E-state index in [-0.39, 0.29) is 10.6 Å². The summed E-state index contributed by atoms with van der Waals surface area (Å²) in [5, 5.41) is 3.10. The standard InChI is InChI=1S/C22H21ClN2O4S/c1-14-7-8-18(11-15(14)2)25-30(27,28)19-9-10-21(29-3)20(13-19)24-22(26)16-5-4-6-17(23)12-16/h4-13,25H,1-3H3,(H,24,26). The number of methoxy groups -OCH3 is 1. The maximum absolute atomic E-state index is 12.9. The highest BCUT2D eigenvalue weighted by atomic mass is 35.5. The quantitative estimate of drug-likeness (QED) is 0.559. The Morgan fingerprint density at radius 2 is 1.73 bits per heavy atom. The summed E-state index contributed by atoms with van der Waals surface area (Å²) in [6, 6.07) is 16.0. The van der Waals surface area contributed by atoms with Gasteiger partial charge in [-0.25, -0.2) is 8.42 Å². The van der Waals surface area contributed by atoms with Crippen molar-refractivity contribution in [3.05, 3.63) is 82.4 Å². The first-order valence-corrected chi connectivity index (χ1v) is 10.9. The predicted octanol–water partition coefficient (Wildman–Crippen LogP) is 5.02. The van der Waals surface area contributed by atoms with E-state index in [1.807, 2.05) is 19.9 Å². The summed E-state index contributed by atoms with van der Waals surface area (Å²) in [6.45, 7) is 3.86. The lowest BCUT2D eigenvalue weighted by Gasteiger charge is -2.14. The number of nitrogens with one attached hydrogen (secondary N) is 2. The van der Waals surface area contributed by atoms with Gasteiger partial charge in [0, 0.05) is 16.3 Å². The van der Waals surface area contributed by atoms with E-state index in [2.05, 4.69) is 10.0 Å². The Morgan fingerprint density at radius 1 is 0.967 bits per heavy atom.